The summed E-state index contributed by atoms with van der Waals surface area (Å²) in [5, 5.41) is 0. The molecule has 0 aliphatic rings. The van der Waals surface area contributed by atoms with Gasteiger partial charge in [-0.3, -0.25) is 4.79 Å². The zero-order chi connectivity index (χ0) is 19.7. The third kappa shape index (κ3) is 5.06. The van der Waals surface area contributed by atoms with Crippen molar-refractivity contribution in [2.75, 3.05) is 14.2 Å². The zero-order valence-electron chi connectivity index (χ0n) is 17.1. The molecule has 0 unspecified atom stereocenters. The van der Waals surface area contributed by atoms with Crippen molar-refractivity contribution < 1.29 is 14.3 Å². The van der Waals surface area contributed by atoms with E-state index in [2.05, 4.69) is 26.0 Å². The molecule has 3 nitrogen and oxygen atoms in total. The van der Waals surface area contributed by atoms with Crippen molar-refractivity contribution in [3.8, 4) is 0 Å². The molecule has 146 valence electrons. The SMILES string of the molecule is CCCCc1ccc(C(=O)C(OC)(OC)c2ccc(CCCC)cc2)cc1. The van der Waals surface area contributed by atoms with Crippen molar-refractivity contribution in [3.63, 3.8) is 0 Å². The molecular formula is C24H32O3. The monoisotopic (exact) mass is 368 g/mol. The molecule has 0 N–H and O–H groups in total. The van der Waals surface area contributed by atoms with E-state index < -0.39 is 5.79 Å². The number of Topliss-reactive ketones (excluding diaryl/α,β-unsaturated/α-hetero) is 1. The summed E-state index contributed by atoms with van der Waals surface area (Å²) in [6, 6.07) is 15.8. The van der Waals surface area contributed by atoms with E-state index in [1.165, 1.54) is 25.3 Å². The number of aryl methyl sites for hydroxylation is 2. The van der Waals surface area contributed by atoms with E-state index in [9.17, 15) is 4.79 Å². The van der Waals surface area contributed by atoms with Gasteiger partial charge in [0.25, 0.3) is 5.79 Å². The molecule has 0 fully saturated rings. The van der Waals surface area contributed by atoms with E-state index in [1.807, 2.05) is 36.4 Å². The average Bonchev–Trinajstić information content (AvgIpc) is 2.73. The number of ketones is 1. The molecule has 0 saturated carbocycles. The summed E-state index contributed by atoms with van der Waals surface area (Å²) in [5.74, 6) is -1.61. The highest BCUT2D eigenvalue weighted by Crippen LogP contribution is 2.31. The van der Waals surface area contributed by atoms with E-state index >= 15 is 0 Å². The summed E-state index contributed by atoms with van der Waals surface area (Å²) >= 11 is 0. The van der Waals surface area contributed by atoms with Crippen LogP contribution in [0.4, 0.5) is 0 Å². The summed E-state index contributed by atoms with van der Waals surface area (Å²) in [6.07, 6.45) is 6.70. The molecule has 0 aliphatic carbocycles. The Labute approximate surface area is 163 Å². The highest BCUT2D eigenvalue weighted by atomic mass is 16.7. The highest BCUT2D eigenvalue weighted by Gasteiger charge is 2.41. The molecule has 27 heavy (non-hydrogen) atoms. The maximum absolute atomic E-state index is 13.3. The van der Waals surface area contributed by atoms with Gasteiger partial charge in [0, 0.05) is 25.3 Å². The van der Waals surface area contributed by atoms with Gasteiger partial charge in [0.15, 0.2) is 0 Å². The molecule has 0 saturated heterocycles. The minimum Gasteiger partial charge on any atom is -0.343 e. The van der Waals surface area contributed by atoms with Crippen molar-refractivity contribution in [1.29, 1.82) is 0 Å². The number of benzene rings is 2. The van der Waals surface area contributed by atoms with Crippen molar-refractivity contribution in [2.24, 2.45) is 0 Å². The Hall–Kier alpha value is -1.97. The van der Waals surface area contributed by atoms with Crippen LogP contribution in [0.5, 0.6) is 0 Å². The van der Waals surface area contributed by atoms with Gasteiger partial charge in [-0.2, -0.15) is 0 Å². The van der Waals surface area contributed by atoms with Crippen molar-refractivity contribution in [2.45, 2.75) is 58.2 Å². The molecule has 0 amide bonds. The largest absolute Gasteiger partial charge is 0.343 e. The second-order valence-corrected chi connectivity index (χ2v) is 6.95. The maximum atomic E-state index is 13.3. The number of methoxy groups -OCH3 is 2. The molecule has 0 aromatic heterocycles. The Morgan fingerprint density at radius 3 is 1.63 bits per heavy atom. The molecule has 0 heterocycles. The lowest BCUT2D eigenvalue weighted by Crippen LogP contribution is -2.40. The number of rotatable bonds is 11. The lowest BCUT2D eigenvalue weighted by atomic mass is 9.93. The Bertz CT molecular complexity index is 697. The minimum absolute atomic E-state index is 0.184. The van der Waals surface area contributed by atoms with Crippen LogP contribution in [-0.2, 0) is 28.1 Å². The standard InChI is InChI=1S/C24H32O3/c1-5-7-9-19-11-15-21(16-12-19)23(25)24(26-3,27-4)22-17-13-20(14-18-22)10-8-6-2/h11-18H,5-10H2,1-4H3. The van der Waals surface area contributed by atoms with Crippen LogP contribution >= 0.6 is 0 Å². The molecule has 0 atom stereocenters. The average molecular weight is 369 g/mol. The first-order valence-corrected chi connectivity index (χ1v) is 9.94. The first-order valence-electron chi connectivity index (χ1n) is 9.94. The number of hydrogen-bond donors (Lipinski definition) is 0. The third-order valence-electron chi connectivity index (χ3n) is 5.06. The molecular weight excluding hydrogens is 336 g/mol. The molecule has 0 radical (unpaired) electrons. The second kappa shape index (κ2) is 10.4. The van der Waals surface area contributed by atoms with Crippen molar-refractivity contribution in [1.82, 2.24) is 0 Å². The van der Waals surface area contributed by atoms with E-state index in [0.29, 0.717) is 11.1 Å². The molecule has 0 aliphatic heterocycles. The number of hydrogen-bond acceptors (Lipinski definition) is 3. The minimum atomic E-state index is -1.42. The van der Waals surface area contributed by atoms with Crippen LogP contribution < -0.4 is 0 Å². The maximum Gasteiger partial charge on any atom is 0.260 e. The number of carbonyl (C=O) groups is 1. The van der Waals surface area contributed by atoms with E-state index in [0.717, 1.165) is 38.5 Å². The fraction of sp³-hybridized carbons (Fsp3) is 0.458. The Morgan fingerprint density at radius 1 is 0.778 bits per heavy atom. The summed E-state index contributed by atoms with van der Waals surface area (Å²) in [7, 11) is 3.03. The molecule has 2 aromatic carbocycles. The second-order valence-electron chi connectivity index (χ2n) is 6.95. The number of ether oxygens (including phenoxy) is 2. The van der Waals surface area contributed by atoms with Crippen molar-refractivity contribution in [3.05, 3.63) is 70.8 Å². The summed E-state index contributed by atoms with van der Waals surface area (Å²) in [5.41, 5.74) is 3.81. The fourth-order valence-corrected chi connectivity index (χ4v) is 3.30. The molecule has 0 bridgehead atoms. The molecule has 3 heteroatoms. The number of carbonyl (C=O) groups excluding carboxylic acids is 1. The number of unbranched alkanes of at least 4 members (excludes halogenated alkanes) is 2. The van der Waals surface area contributed by atoms with Gasteiger partial charge in [0.2, 0.25) is 5.78 Å². The third-order valence-corrected chi connectivity index (χ3v) is 5.06. The Kier molecular flexibility index (Phi) is 8.21. The smallest absolute Gasteiger partial charge is 0.260 e. The molecule has 2 aromatic rings. The Morgan fingerprint density at radius 2 is 1.22 bits per heavy atom. The van der Waals surface area contributed by atoms with Gasteiger partial charge in [0.1, 0.15) is 0 Å². The molecule has 2 rings (SSSR count). The van der Waals surface area contributed by atoms with Gasteiger partial charge < -0.3 is 9.47 Å². The summed E-state index contributed by atoms with van der Waals surface area (Å²) in [4.78, 5) is 13.3. The van der Waals surface area contributed by atoms with Gasteiger partial charge in [-0.1, -0.05) is 75.2 Å². The van der Waals surface area contributed by atoms with E-state index in [1.54, 1.807) is 0 Å². The first kappa shape index (κ1) is 21.3. The quantitative estimate of drug-likeness (QED) is 0.377. The lowest BCUT2D eigenvalue weighted by Gasteiger charge is -2.30. The van der Waals surface area contributed by atoms with E-state index in [4.69, 9.17) is 9.47 Å². The van der Waals surface area contributed by atoms with Gasteiger partial charge in [0.05, 0.1) is 0 Å². The highest BCUT2D eigenvalue weighted by molar-refractivity contribution is 6.02. The van der Waals surface area contributed by atoms with Crippen LogP contribution in [0.2, 0.25) is 0 Å². The fourth-order valence-electron chi connectivity index (χ4n) is 3.30. The van der Waals surface area contributed by atoms with Gasteiger partial charge >= 0.3 is 0 Å². The van der Waals surface area contributed by atoms with Crippen LogP contribution in [0, 0.1) is 0 Å². The summed E-state index contributed by atoms with van der Waals surface area (Å²) < 4.78 is 11.3. The predicted octanol–water partition coefficient (Wildman–Crippen LogP) is 5.70. The van der Waals surface area contributed by atoms with Gasteiger partial charge in [-0.15, -0.1) is 0 Å². The normalized spacial score (nSPS) is 11.6. The predicted molar refractivity (Wildman–Crippen MR) is 110 cm³/mol. The van der Waals surface area contributed by atoms with Crippen LogP contribution in [0.25, 0.3) is 0 Å². The topological polar surface area (TPSA) is 35.5 Å². The van der Waals surface area contributed by atoms with Crippen LogP contribution in [0.1, 0.15) is 66.6 Å². The van der Waals surface area contributed by atoms with Gasteiger partial charge in [-0.25, -0.2) is 0 Å². The molecule has 0 spiro atoms. The van der Waals surface area contributed by atoms with Gasteiger partial charge in [-0.05, 0) is 36.8 Å². The van der Waals surface area contributed by atoms with Crippen LogP contribution in [0.3, 0.4) is 0 Å². The van der Waals surface area contributed by atoms with Crippen molar-refractivity contribution >= 4 is 5.78 Å². The first-order chi connectivity index (χ1) is 13.1. The Balaban J connectivity index is 2.27. The van der Waals surface area contributed by atoms with E-state index in [-0.39, 0.29) is 5.78 Å². The summed E-state index contributed by atoms with van der Waals surface area (Å²) in [6.45, 7) is 4.36. The zero-order valence-corrected chi connectivity index (χ0v) is 17.1. The van der Waals surface area contributed by atoms with Crippen LogP contribution in [0.15, 0.2) is 48.5 Å². The lowest BCUT2D eigenvalue weighted by molar-refractivity contribution is -0.176. The van der Waals surface area contributed by atoms with Crippen LogP contribution in [-0.4, -0.2) is 20.0 Å².